The van der Waals surface area contributed by atoms with Crippen LogP contribution < -0.4 is 9.47 Å². The number of aliphatic hydroxyl groups excluding tert-OH is 1. The minimum Gasteiger partial charge on any atom is -0.505 e. The number of fused-ring (bicyclic) bond motifs is 1. The molecule has 0 aromatic heterocycles. The van der Waals surface area contributed by atoms with Crippen LogP contribution in [0.2, 0.25) is 0 Å². The molecule has 2 heterocycles. The first-order chi connectivity index (χ1) is 11.0. The summed E-state index contributed by atoms with van der Waals surface area (Å²) in [6, 6.07) is 3.56. The largest absolute Gasteiger partial charge is 0.505 e. The van der Waals surface area contributed by atoms with Gasteiger partial charge in [0.15, 0.2) is 17.3 Å². The molecule has 1 aromatic rings. The lowest BCUT2D eigenvalue weighted by Gasteiger charge is -2.04. The third-order valence-corrected chi connectivity index (χ3v) is 4.08. The lowest BCUT2D eigenvalue weighted by Crippen LogP contribution is -2.13. The number of benzene rings is 1. The van der Waals surface area contributed by atoms with Gasteiger partial charge in [0, 0.05) is 4.47 Å². The summed E-state index contributed by atoms with van der Waals surface area (Å²) in [5.41, 5.74) is 1.56. The fourth-order valence-electron chi connectivity index (χ4n) is 2.33. The summed E-state index contributed by atoms with van der Waals surface area (Å²) in [5.74, 6) is 0.495. The van der Waals surface area contributed by atoms with Crippen molar-refractivity contribution in [2.45, 2.75) is 13.8 Å². The molecule has 0 bridgehead atoms. The Labute approximate surface area is 141 Å². The fraction of sp³-hybridized carbons (Fsp3) is 0.250. The van der Waals surface area contributed by atoms with Crippen LogP contribution in [0.4, 0.5) is 0 Å². The highest BCUT2D eigenvalue weighted by Gasteiger charge is 2.28. The first-order valence-corrected chi connectivity index (χ1v) is 7.77. The van der Waals surface area contributed by atoms with E-state index in [9.17, 15) is 9.90 Å². The Morgan fingerprint density at radius 2 is 2.13 bits per heavy atom. The summed E-state index contributed by atoms with van der Waals surface area (Å²) < 4.78 is 16.3. The normalized spacial score (nSPS) is 17.7. The summed E-state index contributed by atoms with van der Waals surface area (Å²) in [6.45, 7) is 3.77. The van der Waals surface area contributed by atoms with Crippen LogP contribution in [0.5, 0.6) is 11.5 Å². The molecular weight excluding hydrogens is 366 g/mol. The molecule has 0 saturated heterocycles. The molecule has 0 fully saturated rings. The van der Waals surface area contributed by atoms with Gasteiger partial charge < -0.3 is 19.3 Å². The summed E-state index contributed by atoms with van der Waals surface area (Å²) in [5, 5.41) is 10.3. The highest BCUT2D eigenvalue weighted by molar-refractivity contribution is 9.10. The van der Waals surface area contributed by atoms with E-state index in [2.05, 4.69) is 20.9 Å². The van der Waals surface area contributed by atoms with Gasteiger partial charge in [0.25, 0.3) is 0 Å². The number of carbonyl (C=O) groups excluding carboxylic acids is 1. The van der Waals surface area contributed by atoms with E-state index in [1.165, 1.54) is 0 Å². The number of ether oxygens (including phenoxy) is 3. The molecule has 0 amide bonds. The van der Waals surface area contributed by atoms with Gasteiger partial charge in [-0.05, 0) is 37.6 Å². The van der Waals surface area contributed by atoms with Crippen LogP contribution >= 0.6 is 15.9 Å². The first-order valence-electron chi connectivity index (χ1n) is 6.98. The standard InChI is InChI=1S/C16H14BrNO5/c1-3-21-16(20)14-8(2)18-11(15(14)19)4-9-5-12-13(6-10(9)17)23-7-22-12/h4-6,19H,3,7H2,1-2H3/b11-4-. The van der Waals surface area contributed by atoms with Crippen molar-refractivity contribution in [2.75, 3.05) is 13.4 Å². The van der Waals surface area contributed by atoms with E-state index < -0.39 is 5.97 Å². The molecule has 0 unspecified atom stereocenters. The SMILES string of the molecule is CCOC(=O)C1=C(O)/C(=C/c2cc3c(cc2Br)OCO3)N=C1C. The number of aliphatic hydroxyl groups is 1. The van der Waals surface area contributed by atoms with Crippen LogP contribution in [0.15, 0.2) is 38.6 Å². The number of aliphatic imine (C=N–C) groups is 1. The van der Waals surface area contributed by atoms with E-state index in [-0.39, 0.29) is 24.7 Å². The van der Waals surface area contributed by atoms with Crippen molar-refractivity contribution in [3.05, 3.63) is 39.2 Å². The number of rotatable bonds is 3. The summed E-state index contributed by atoms with van der Waals surface area (Å²) in [6.07, 6.45) is 1.66. The molecule has 120 valence electrons. The molecule has 0 aliphatic carbocycles. The zero-order chi connectivity index (χ0) is 16.6. The van der Waals surface area contributed by atoms with Gasteiger partial charge >= 0.3 is 5.97 Å². The number of halogens is 1. The van der Waals surface area contributed by atoms with Crippen molar-refractivity contribution in [3.8, 4) is 11.5 Å². The van der Waals surface area contributed by atoms with Crippen LogP contribution in [0.3, 0.4) is 0 Å². The Hall–Kier alpha value is -2.28. The molecule has 2 aliphatic heterocycles. The van der Waals surface area contributed by atoms with E-state index in [4.69, 9.17) is 14.2 Å². The molecule has 23 heavy (non-hydrogen) atoms. The zero-order valence-corrected chi connectivity index (χ0v) is 14.1. The van der Waals surface area contributed by atoms with Crippen molar-refractivity contribution < 1.29 is 24.1 Å². The number of nitrogens with zero attached hydrogens (tertiary/aromatic N) is 1. The van der Waals surface area contributed by atoms with Crippen molar-refractivity contribution in [2.24, 2.45) is 4.99 Å². The summed E-state index contributed by atoms with van der Waals surface area (Å²) >= 11 is 3.44. The van der Waals surface area contributed by atoms with Crippen LogP contribution in [-0.4, -0.2) is 30.2 Å². The Kier molecular flexibility index (Phi) is 4.12. The first kappa shape index (κ1) is 15.6. The second-order valence-electron chi connectivity index (χ2n) is 4.90. The smallest absolute Gasteiger partial charge is 0.343 e. The molecule has 3 rings (SSSR count). The van der Waals surface area contributed by atoms with E-state index in [1.807, 2.05) is 0 Å². The fourth-order valence-corrected chi connectivity index (χ4v) is 2.76. The maximum absolute atomic E-state index is 11.9. The second kappa shape index (κ2) is 6.08. The van der Waals surface area contributed by atoms with Crippen molar-refractivity contribution in [3.63, 3.8) is 0 Å². The summed E-state index contributed by atoms with van der Waals surface area (Å²) in [7, 11) is 0. The predicted octanol–water partition coefficient (Wildman–Crippen LogP) is 3.37. The number of hydrogen-bond donors (Lipinski definition) is 1. The van der Waals surface area contributed by atoms with Crippen LogP contribution in [-0.2, 0) is 9.53 Å². The van der Waals surface area contributed by atoms with E-state index in [0.29, 0.717) is 22.9 Å². The monoisotopic (exact) mass is 379 g/mol. The third-order valence-electron chi connectivity index (χ3n) is 3.39. The molecule has 1 aromatic carbocycles. The minimum atomic E-state index is -0.584. The van der Waals surface area contributed by atoms with Gasteiger partial charge in [-0.15, -0.1) is 0 Å². The minimum absolute atomic E-state index is 0.0926. The molecule has 7 heteroatoms. The topological polar surface area (TPSA) is 77.4 Å². The number of esters is 1. The summed E-state index contributed by atoms with van der Waals surface area (Å²) in [4.78, 5) is 16.1. The Balaban J connectivity index is 2.00. The molecular formula is C16H14BrNO5. The Bertz CT molecular complexity index is 779. The predicted molar refractivity (Wildman–Crippen MR) is 87.6 cm³/mol. The van der Waals surface area contributed by atoms with Gasteiger partial charge in [0.1, 0.15) is 11.3 Å². The average molecular weight is 380 g/mol. The van der Waals surface area contributed by atoms with E-state index in [1.54, 1.807) is 32.1 Å². The quantitative estimate of drug-likeness (QED) is 0.814. The van der Waals surface area contributed by atoms with Gasteiger partial charge in [-0.3, -0.25) is 0 Å². The molecule has 0 radical (unpaired) electrons. The number of carbonyl (C=O) groups is 1. The third kappa shape index (κ3) is 2.84. The van der Waals surface area contributed by atoms with Gasteiger partial charge in [-0.1, -0.05) is 15.9 Å². The lowest BCUT2D eigenvalue weighted by atomic mass is 10.1. The average Bonchev–Trinajstić information content (AvgIpc) is 3.04. The van der Waals surface area contributed by atoms with Crippen LogP contribution in [0, 0.1) is 0 Å². The van der Waals surface area contributed by atoms with E-state index in [0.717, 1.165) is 10.0 Å². The molecule has 2 aliphatic rings. The molecule has 0 saturated carbocycles. The maximum atomic E-state index is 11.9. The Morgan fingerprint density at radius 3 is 2.83 bits per heavy atom. The number of hydrogen-bond acceptors (Lipinski definition) is 6. The highest BCUT2D eigenvalue weighted by Crippen LogP contribution is 2.38. The molecule has 6 nitrogen and oxygen atoms in total. The van der Waals surface area contributed by atoms with Crippen LogP contribution in [0.1, 0.15) is 19.4 Å². The highest BCUT2D eigenvalue weighted by atomic mass is 79.9. The van der Waals surface area contributed by atoms with Gasteiger partial charge in [0.05, 0.1) is 12.3 Å². The van der Waals surface area contributed by atoms with Gasteiger partial charge in [0.2, 0.25) is 6.79 Å². The maximum Gasteiger partial charge on any atom is 0.343 e. The van der Waals surface area contributed by atoms with Crippen LogP contribution in [0.25, 0.3) is 6.08 Å². The zero-order valence-electron chi connectivity index (χ0n) is 12.6. The molecule has 1 N–H and O–H groups in total. The van der Waals surface area contributed by atoms with Crippen molar-refractivity contribution in [1.29, 1.82) is 0 Å². The van der Waals surface area contributed by atoms with Crippen molar-refractivity contribution >= 4 is 33.7 Å². The molecule has 0 atom stereocenters. The van der Waals surface area contributed by atoms with Gasteiger partial charge in [-0.2, -0.15) is 0 Å². The second-order valence-corrected chi connectivity index (χ2v) is 5.75. The van der Waals surface area contributed by atoms with Gasteiger partial charge in [-0.25, -0.2) is 9.79 Å². The van der Waals surface area contributed by atoms with Crippen molar-refractivity contribution in [1.82, 2.24) is 0 Å². The Morgan fingerprint density at radius 1 is 1.43 bits per heavy atom. The molecule has 0 spiro atoms. The van der Waals surface area contributed by atoms with E-state index >= 15 is 0 Å². The lowest BCUT2D eigenvalue weighted by molar-refractivity contribution is -0.138.